The quantitative estimate of drug-likeness (QED) is 0.387. The minimum Gasteiger partial charge on any atom is -0.497 e. The summed E-state index contributed by atoms with van der Waals surface area (Å²) in [5.74, 6) is 0.451. The highest BCUT2D eigenvalue weighted by molar-refractivity contribution is 5.87. The van der Waals surface area contributed by atoms with E-state index in [1.54, 1.807) is 13.2 Å². The molecule has 0 bridgehead atoms. The Kier molecular flexibility index (Phi) is 8.51. The van der Waals surface area contributed by atoms with Gasteiger partial charge in [0.1, 0.15) is 12.4 Å². The largest absolute Gasteiger partial charge is 0.497 e. The number of allylic oxidation sites excluding steroid dienone is 3. The lowest BCUT2D eigenvalue weighted by Gasteiger charge is -2.01. The molecule has 0 aromatic heterocycles. The molecule has 23 heavy (non-hydrogen) atoms. The van der Waals surface area contributed by atoms with Crippen molar-refractivity contribution in [2.24, 2.45) is 0 Å². The number of rotatable bonds is 8. The van der Waals surface area contributed by atoms with Crippen LogP contribution in [0.15, 0.2) is 53.6 Å². The van der Waals surface area contributed by atoms with Crippen LogP contribution in [0.3, 0.4) is 0 Å². The summed E-state index contributed by atoms with van der Waals surface area (Å²) in [6, 6.07) is 7.47. The Morgan fingerprint density at radius 1 is 1.09 bits per heavy atom. The van der Waals surface area contributed by atoms with E-state index in [1.807, 2.05) is 30.3 Å². The zero-order chi connectivity index (χ0) is 17.1. The molecule has 0 saturated carbocycles. The Balaban J connectivity index is 2.35. The normalized spacial score (nSPS) is 11.4. The van der Waals surface area contributed by atoms with Crippen LogP contribution in [0.4, 0.5) is 0 Å². The van der Waals surface area contributed by atoms with Crippen LogP contribution in [0.2, 0.25) is 0 Å². The van der Waals surface area contributed by atoms with E-state index in [1.165, 1.54) is 17.2 Å². The van der Waals surface area contributed by atoms with E-state index in [0.717, 1.165) is 24.2 Å². The van der Waals surface area contributed by atoms with Gasteiger partial charge in [-0.2, -0.15) is 0 Å². The fraction of sp³-hybridized carbons (Fsp3) is 0.350. The van der Waals surface area contributed by atoms with Gasteiger partial charge >= 0.3 is 5.97 Å². The molecule has 0 atom stereocenters. The van der Waals surface area contributed by atoms with E-state index >= 15 is 0 Å². The van der Waals surface area contributed by atoms with E-state index in [4.69, 9.17) is 9.47 Å². The number of esters is 1. The molecule has 0 N–H and O–H groups in total. The number of methoxy groups -OCH3 is 1. The molecular formula is C20H26O3. The topological polar surface area (TPSA) is 35.5 Å². The van der Waals surface area contributed by atoms with Crippen LogP contribution in [-0.4, -0.2) is 19.7 Å². The minimum absolute atomic E-state index is 0.312. The Morgan fingerprint density at radius 3 is 2.39 bits per heavy atom. The third kappa shape index (κ3) is 8.67. The van der Waals surface area contributed by atoms with Gasteiger partial charge in [-0.25, -0.2) is 4.79 Å². The zero-order valence-electron chi connectivity index (χ0n) is 14.5. The summed E-state index contributed by atoms with van der Waals surface area (Å²) in [4.78, 5) is 11.7. The van der Waals surface area contributed by atoms with Crippen molar-refractivity contribution < 1.29 is 14.3 Å². The second-order valence-electron chi connectivity index (χ2n) is 5.61. The van der Waals surface area contributed by atoms with Crippen molar-refractivity contribution in [3.63, 3.8) is 0 Å². The first-order valence-electron chi connectivity index (χ1n) is 7.79. The maximum absolute atomic E-state index is 11.7. The highest BCUT2D eigenvalue weighted by atomic mass is 16.5. The number of hydrogen-bond acceptors (Lipinski definition) is 3. The van der Waals surface area contributed by atoms with Gasteiger partial charge in [-0.3, -0.25) is 0 Å². The zero-order valence-corrected chi connectivity index (χ0v) is 14.5. The van der Waals surface area contributed by atoms with Gasteiger partial charge in [-0.1, -0.05) is 29.4 Å². The minimum atomic E-state index is -0.339. The fourth-order valence-electron chi connectivity index (χ4n) is 1.88. The predicted octanol–water partition coefficient (Wildman–Crippen LogP) is 4.94. The summed E-state index contributed by atoms with van der Waals surface area (Å²) in [7, 11) is 1.62. The summed E-state index contributed by atoms with van der Waals surface area (Å²) in [5, 5.41) is 0. The first-order valence-corrected chi connectivity index (χ1v) is 7.79. The maximum Gasteiger partial charge on any atom is 0.331 e. The summed E-state index contributed by atoms with van der Waals surface area (Å²) in [5.41, 5.74) is 3.48. The molecule has 1 aromatic rings. The number of benzene rings is 1. The molecule has 0 saturated heterocycles. The van der Waals surface area contributed by atoms with Gasteiger partial charge in [-0.05, 0) is 63.5 Å². The molecule has 0 aliphatic carbocycles. The molecule has 0 spiro atoms. The van der Waals surface area contributed by atoms with Crippen molar-refractivity contribution in [2.75, 3.05) is 13.7 Å². The van der Waals surface area contributed by atoms with E-state index in [-0.39, 0.29) is 5.97 Å². The van der Waals surface area contributed by atoms with Crippen molar-refractivity contribution in [1.82, 2.24) is 0 Å². The molecule has 0 radical (unpaired) electrons. The molecule has 3 nitrogen and oxygen atoms in total. The van der Waals surface area contributed by atoms with Gasteiger partial charge in [0.25, 0.3) is 0 Å². The van der Waals surface area contributed by atoms with Crippen LogP contribution >= 0.6 is 0 Å². The average Bonchev–Trinajstić information content (AvgIpc) is 2.53. The third-order valence-corrected chi connectivity index (χ3v) is 3.28. The van der Waals surface area contributed by atoms with Crippen LogP contribution in [0.25, 0.3) is 6.08 Å². The van der Waals surface area contributed by atoms with Crippen molar-refractivity contribution >= 4 is 12.0 Å². The monoisotopic (exact) mass is 314 g/mol. The van der Waals surface area contributed by atoms with Crippen LogP contribution in [0.5, 0.6) is 5.75 Å². The Bertz CT molecular complexity index is 573. The Labute approximate surface area is 139 Å². The Morgan fingerprint density at radius 2 is 1.78 bits per heavy atom. The second-order valence-corrected chi connectivity index (χ2v) is 5.61. The molecule has 1 aromatic carbocycles. The molecule has 3 heteroatoms. The maximum atomic E-state index is 11.7. The molecule has 0 fully saturated rings. The average molecular weight is 314 g/mol. The summed E-state index contributed by atoms with van der Waals surface area (Å²) >= 11 is 0. The first kappa shape index (κ1) is 18.8. The van der Waals surface area contributed by atoms with E-state index in [0.29, 0.717) is 6.61 Å². The molecular weight excluding hydrogens is 288 g/mol. The number of carbonyl (C=O) groups excluding carboxylic acids is 1. The smallest absolute Gasteiger partial charge is 0.331 e. The lowest BCUT2D eigenvalue weighted by molar-refractivity contribution is -0.136. The summed E-state index contributed by atoms with van der Waals surface area (Å²) in [6.07, 6.45) is 9.35. The third-order valence-electron chi connectivity index (χ3n) is 3.28. The molecule has 1 rings (SSSR count). The second kappa shape index (κ2) is 10.4. The van der Waals surface area contributed by atoms with E-state index in [9.17, 15) is 4.79 Å². The first-order chi connectivity index (χ1) is 11.0. The predicted molar refractivity (Wildman–Crippen MR) is 95.4 cm³/mol. The highest BCUT2D eigenvalue weighted by Crippen LogP contribution is 2.12. The lowest BCUT2D eigenvalue weighted by atomic mass is 10.1. The van der Waals surface area contributed by atoms with Crippen molar-refractivity contribution in [3.8, 4) is 5.75 Å². The summed E-state index contributed by atoms with van der Waals surface area (Å²) < 4.78 is 10.2. The highest BCUT2D eigenvalue weighted by Gasteiger charge is 1.97. The number of carbonyl (C=O) groups is 1. The lowest BCUT2D eigenvalue weighted by Crippen LogP contribution is -2.00. The van der Waals surface area contributed by atoms with Crippen molar-refractivity contribution in [1.29, 1.82) is 0 Å². The molecule has 0 heterocycles. The fourth-order valence-corrected chi connectivity index (χ4v) is 1.88. The molecule has 0 amide bonds. The molecule has 0 aliphatic rings. The molecule has 0 unspecified atom stereocenters. The van der Waals surface area contributed by atoms with Crippen molar-refractivity contribution in [3.05, 3.63) is 59.2 Å². The van der Waals surface area contributed by atoms with Gasteiger partial charge in [0, 0.05) is 6.08 Å². The Hall–Kier alpha value is -2.29. The van der Waals surface area contributed by atoms with E-state index < -0.39 is 0 Å². The van der Waals surface area contributed by atoms with Crippen molar-refractivity contribution in [2.45, 2.75) is 33.6 Å². The van der Waals surface area contributed by atoms with Gasteiger partial charge in [0.15, 0.2) is 0 Å². The van der Waals surface area contributed by atoms with Gasteiger partial charge < -0.3 is 9.47 Å². The summed E-state index contributed by atoms with van der Waals surface area (Å²) in [6.45, 7) is 6.55. The van der Waals surface area contributed by atoms with Gasteiger partial charge in [0.2, 0.25) is 0 Å². The molecule has 124 valence electrons. The van der Waals surface area contributed by atoms with Gasteiger partial charge in [-0.15, -0.1) is 0 Å². The van der Waals surface area contributed by atoms with Crippen LogP contribution in [0.1, 0.15) is 39.2 Å². The number of ether oxygens (including phenoxy) is 2. The van der Waals surface area contributed by atoms with Gasteiger partial charge in [0.05, 0.1) is 7.11 Å². The van der Waals surface area contributed by atoms with Crippen LogP contribution < -0.4 is 4.74 Å². The van der Waals surface area contributed by atoms with Crippen LogP contribution in [-0.2, 0) is 9.53 Å². The number of hydrogen-bond donors (Lipinski definition) is 0. The molecule has 0 aliphatic heterocycles. The van der Waals surface area contributed by atoms with Crippen LogP contribution in [0, 0.1) is 0 Å². The standard InChI is InChI=1S/C20H26O3/c1-16(2)6-5-7-17(3)14-15-23-20(21)13-10-18-8-11-19(22-4)12-9-18/h6,8-14H,5,7,15H2,1-4H3/b13-10+,17-14+. The SMILES string of the molecule is COc1ccc(/C=C/C(=O)OC/C=C(\C)CCC=C(C)C)cc1. The van der Waals surface area contributed by atoms with E-state index in [2.05, 4.69) is 26.8 Å².